The molecule has 5 heteroatoms. The lowest BCUT2D eigenvalue weighted by atomic mass is 10.1. The Balaban J connectivity index is 0.000000423. The Kier molecular flexibility index (Phi) is 9.51. The summed E-state index contributed by atoms with van der Waals surface area (Å²) in [6, 6.07) is 0. The van der Waals surface area contributed by atoms with Gasteiger partial charge in [-0.1, -0.05) is 13.8 Å². The summed E-state index contributed by atoms with van der Waals surface area (Å²) >= 11 is 8.80. The summed E-state index contributed by atoms with van der Waals surface area (Å²) in [5.74, 6) is 0.671. The molecule has 15 heavy (non-hydrogen) atoms. The third-order valence-corrected chi connectivity index (χ3v) is 1.95. The third-order valence-electron chi connectivity index (χ3n) is 1.95. The number of rotatable bonds is 3. The number of hydrogen-bond acceptors (Lipinski definition) is 3. The summed E-state index contributed by atoms with van der Waals surface area (Å²) in [5.41, 5.74) is 0. The van der Waals surface area contributed by atoms with Crippen LogP contribution >= 0.6 is 23.2 Å². The quantitative estimate of drug-likeness (QED) is 0.789. The van der Waals surface area contributed by atoms with Gasteiger partial charge in [0, 0.05) is 6.61 Å². The lowest BCUT2D eigenvalue weighted by Crippen LogP contribution is -2.33. The van der Waals surface area contributed by atoms with Gasteiger partial charge < -0.3 is 10.1 Å². The zero-order valence-electron chi connectivity index (χ0n) is 9.26. The zero-order valence-corrected chi connectivity index (χ0v) is 10.8. The summed E-state index contributed by atoms with van der Waals surface area (Å²) in [6.07, 6.45) is 2.90. The Bertz CT molecular complexity index is 167. The highest BCUT2D eigenvalue weighted by Gasteiger charge is 2.12. The van der Waals surface area contributed by atoms with Crippen molar-refractivity contribution in [2.75, 3.05) is 19.7 Å². The largest absolute Gasteiger partial charge is 0.378 e. The molecule has 1 heterocycles. The molecule has 1 saturated heterocycles. The van der Waals surface area contributed by atoms with Gasteiger partial charge in [0.15, 0.2) is 0 Å². The minimum absolute atomic E-state index is 0.527. The van der Waals surface area contributed by atoms with E-state index >= 15 is 0 Å². The van der Waals surface area contributed by atoms with Crippen LogP contribution in [0, 0.1) is 5.92 Å². The Morgan fingerprint density at radius 3 is 2.27 bits per heavy atom. The monoisotopic (exact) mass is 255 g/mol. The Hall–Kier alpha value is 0.170. The number of halogens is 2. The molecular weight excluding hydrogens is 237 g/mol. The number of carbonyl (C=O) groups is 1. The Labute approximate surface area is 101 Å². The number of hydrogen-bond donors (Lipinski definition) is 1. The number of piperidine rings is 1. The van der Waals surface area contributed by atoms with Crippen LogP contribution in [0.3, 0.4) is 0 Å². The van der Waals surface area contributed by atoms with E-state index in [9.17, 15) is 0 Å². The average Bonchev–Trinajstić information content (AvgIpc) is 2.15. The molecule has 0 bridgehead atoms. The molecule has 1 rings (SSSR count). The molecule has 0 aromatic rings. The van der Waals surface area contributed by atoms with Crippen molar-refractivity contribution in [2.45, 2.75) is 32.8 Å². The minimum Gasteiger partial charge on any atom is -0.378 e. The predicted molar refractivity (Wildman–Crippen MR) is 63.8 cm³/mol. The first-order valence-corrected chi connectivity index (χ1v) is 5.95. The van der Waals surface area contributed by atoms with Crippen LogP contribution in [0.25, 0.3) is 0 Å². The molecule has 0 aromatic heterocycles. The normalized spacial score (nSPS) is 17.1. The summed E-state index contributed by atoms with van der Waals surface area (Å²) in [6.45, 7) is 7.57. The molecule has 0 saturated carbocycles. The maximum atomic E-state index is 8.98. The first-order valence-electron chi connectivity index (χ1n) is 5.19. The summed E-state index contributed by atoms with van der Waals surface area (Å²) < 4.78 is 4.82. The second-order valence-corrected chi connectivity index (χ2v) is 4.78. The van der Waals surface area contributed by atoms with Gasteiger partial charge in [0.1, 0.15) is 0 Å². The van der Waals surface area contributed by atoms with Gasteiger partial charge in [-0.3, -0.25) is 4.79 Å². The van der Waals surface area contributed by atoms with Crippen molar-refractivity contribution in [1.82, 2.24) is 5.32 Å². The highest BCUT2D eigenvalue weighted by molar-refractivity contribution is 6.93. The molecule has 0 aromatic carbocycles. The van der Waals surface area contributed by atoms with Gasteiger partial charge in [-0.05, 0) is 55.1 Å². The van der Waals surface area contributed by atoms with E-state index in [0.29, 0.717) is 12.0 Å². The second kappa shape index (κ2) is 9.40. The van der Waals surface area contributed by atoms with Crippen molar-refractivity contribution < 1.29 is 9.53 Å². The lowest BCUT2D eigenvalue weighted by molar-refractivity contribution is 0.0178. The number of carbonyl (C=O) groups excluding carboxylic acids is 1. The van der Waals surface area contributed by atoms with Gasteiger partial charge in [0.05, 0.1) is 6.10 Å². The molecule has 3 nitrogen and oxygen atoms in total. The molecule has 0 aliphatic carbocycles. The molecule has 0 atom stereocenters. The van der Waals surface area contributed by atoms with Crippen LogP contribution < -0.4 is 5.32 Å². The van der Waals surface area contributed by atoms with Crippen LogP contribution in [0.5, 0.6) is 0 Å². The van der Waals surface area contributed by atoms with Gasteiger partial charge in [-0.15, -0.1) is 0 Å². The van der Waals surface area contributed by atoms with E-state index in [2.05, 4.69) is 42.4 Å². The molecule has 0 amide bonds. The maximum Gasteiger partial charge on any atom is 0.313 e. The second-order valence-electron chi connectivity index (χ2n) is 3.90. The fraction of sp³-hybridized carbons (Fsp3) is 0.900. The van der Waals surface area contributed by atoms with Gasteiger partial charge in [-0.2, -0.15) is 0 Å². The Morgan fingerprint density at radius 1 is 1.40 bits per heavy atom. The molecule has 1 aliphatic rings. The van der Waals surface area contributed by atoms with Gasteiger partial charge in [0.2, 0.25) is 0 Å². The van der Waals surface area contributed by atoms with Crippen molar-refractivity contribution in [3.05, 3.63) is 0 Å². The van der Waals surface area contributed by atoms with E-state index in [4.69, 9.17) is 9.53 Å². The van der Waals surface area contributed by atoms with Crippen LogP contribution in [0.15, 0.2) is 0 Å². The van der Waals surface area contributed by atoms with E-state index in [0.717, 1.165) is 19.7 Å². The average molecular weight is 256 g/mol. The van der Waals surface area contributed by atoms with Crippen molar-refractivity contribution in [2.24, 2.45) is 5.92 Å². The van der Waals surface area contributed by atoms with E-state index < -0.39 is 4.70 Å². The molecule has 1 aliphatic heterocycles. The maximum absolute atomic E-state index is 8.98. The predicted octanol–water partition coefficient (Wildman–Crippen LogP) is 3.00. The first kappa shape index (κ1) is 15.2. The van der Waals surface area contributed by atoms with Crippen LogP contribution in [0.2, 0.25) is 0 Å². The standard InChI is InChI=1S/C9H19NO.CCl2O/c1-8(2)7-11-9-3-5-10-6-4-9;2-1(3)4/h8-10H,3-7H2,1-2H3;. The molecule has 1 fully saturated rings. The van der Waals surface area contributed by atoms with Crippen LogP contribution in [-0.4, -0.2) is 30.5 Å². The topological polar surface area (TPSA) is 38.3 Å². The van der Waals surface area contributed by atoms with E-state index in [1.807, 2.05) is 0 Å². The third kappa shape index (κ3) is 12.1. The summed E-state index contributed by atoms with van der Waals surface area (Å²) in [4.78, 5) is 8.98. The fourth-order valence-corrected chi connectivity index (χ4v) is 1.29. The smallest absolute Gasteiger partial charge is 0.313 e. The van der Waals surface area contributed by atoms with Crippen LogP contribution in [-0.2, 0) is 4.74 Å². The zero-order chi connectivity index (χ0) is 11.7. The number of ether oxygens (including phenoxy) is 1. The molecule has 0 spiro atoms. The molecule has 1 N–H and O–H groups in total. The first-order chi connectivity index (χ1) is 7.02. The highest BCUT2D eigenvalue weighted by atomic mass is 35.5. The number of nitrogens with one attached hydrogen (secondary N) is 1. The van der Waals surface area contributed by atoms with Gasteiger partial charge in [0.25, 0.3) is 0 Å². The van der Waals surface area contributed by atoms with Gasteiger partial charge in [-0.25, -0.2) is 0 Å². The van der Waals surface area contributed by atoms with E-state index in [-0.39, 0.29) is 0 Å². The minimum atomic E-state index is -0.889. The molecule has 90 valence electrons. The Morgan fingerprint density at radius 2 is 1.87 bits per heavy atom. The van der Waals surface area contributed by atoms with Crippen molar-refractivity contribution in [3.63, 3.8) is 0 Å². The fourth-order valence-electron chi connectivity index (χ4n) is 1.29. The van der Waals surface area contributed by atoms with E-state index in [1.54, 1.807) is 0 Å². The van der Waals surface area contributed by atoms with Crippen molar-refractivity contribution >= 4 is 27.9 Å². The van der Waals surface area contributed by atoms with Crippen molar-refractivity contribution in [3.8, 4) is 0 Å². The highest BCUT2D eigenvalue weighted by Crippen LogP contribution is 2.08. The van der Waals surface area contributed by atoms with Gasteiger partial charge >= 0.3 is 4.70 Å². The molecular formula is C10H19Cl2NO2. The molecule has 0 radical (unpaired) electrons. The van der Waals surface area contributed by atoms with Crippen LogP contribution in [0.1, 0.15) is 26.7 Å². The van der Waals surface area contributed by atoms with E-state index in [1.165, 1.54) is 12.8 Å². The lowest BCUT2D eigenvalue weighted by Gasteiger charge is -2.23. The van der Waals surface area contributed by atoms with Crippen LogP contribution in [0.4, 0.5) is 4.79 Å². The SMILES string of the molecule is CC(C)COC1CCNCC1.O=C(Cl)Cl. The molecule has 0 unspecified atom stereocenters. The summed E-state index contributed by atoms with van der Waals surface area (Å²) in [7, 11) is 0. The summed E-state index contributed by atoms with van der Waals surface area (Å²) in [5, 5.41) is 3.32. The van der Waals surface area contributed by atoms with Crippen molar-refractivity contribution in [1.29, 1.82) is 0 Å².